The Hall–Kier alpha value is -10.1. The van der Waals surface area contributed by atoms with Crippen LogP contribution in [0.3, 0.4) is 0 Å². The molecule has 1 saturated heterocycles. The monoisotopic (exact) mass is 1620 g/mol. The fourth-order valence-corrected chi connectivity index (χ4v) is 16.1. The minimum atomic E-state index is -2.39. The number of alkyl halides is 2. The van der Waals surface area contributed by atoms with Crippen molar-refractivity contribution in [1.82, 2.24) is 37.2 Å². The van der Waals surface area contributed by atoms with Gasteiger partial charge in [-0.05, 0) is 123 Å². The van der Waals surface area contributed by atoms with Gasteiger partial charge in [-0.1, -0.05) is 94.5 Å². The smallest absolute Gasteiger partial charge is 0.407 e. The number of aliphatic carboxylic acids is 1. The van der Waals surface area contributed by atoms with Gasteiger partial charge in [-0.15, -0.1) is 0 Å². The highest BCUT2D eigenvalue weighted by molar-refractivity contribution is 6.02. The molecule has 32 nitrogen and oxygen atoms in total. The molecule has 2 heterocycles. The van der Waals surface area contributed by atoms with Crippen LogP contribution in [0.5, 0.6) is 0 Å². The Morgan fingerprint density at radius 2 is 1.38 bits per heavy atom. The Kier molecular flexibility index (Phi) is 32.6. The zero-order valence-corrected chi connectivity index (χ0v) is 65.9. The number of urea groups is 1. The number of allylic oxidation sites excluding steroid dienone is 4. The molecule has 34 heteroatoms. The number of carbonyl (C=O) groups is 12. The summed E-state index contributed by atoms with van der Waals surface area (Å²) in [4.78, 5) is 158. The topological polar surface area (TPSA) is 445 Å². The number of Topliss-reactive ketones (excluding diaryl/α,β-unsaturated/α-hetero) is 1. The summed E-state index contributed by atoms with van der Waals surface area (Å²) in [6.45, 7) is 8.39. The number of carboxylic acid groups (broad SMARTS) is 1. The minimum absolute atomic E-state index is 0.00197. The lowest BCUT2D eigenvalue weighted by Gasteiger charge is -2.63. The van der Waals surface area contributed by atoms with E-state index in [0.29, 0.717) is 30.6 Å². The number of alkyl carbamates (subject to hydrolysis) is 1. The van der Waals surface area contributed by atoms with Crippen molar-refractivity contribution in [3.05, 3.63) is 119 Å². The number of ether oxygens (including phenoxy) is 8. The number of carbonyl (C=O) groups excluding carboxylic acids is 11. The summed E-state index contributed by atoms with van der Waals surface area (Å²) in [5.74, 6) is -2.59. The number of halogens is 2. The molecule has 3 aromatic rings. The maximum Gasteiger partial charge on any atom is 0.407 e. The van der Waals surface area contributed by atoms with Gasteiger partial charge in [-0.2, -0.15) is 0 Å². The maximum absolute atomic E-state index is 17.9. The molecule has 116 heavy (non-hydrogen) atoms. The number of nitrogens with zero attached hydrogens (tertiary/aromatic N) is 1. The van der Waals surface area contributed by atoms with E-state index >= 15 is 8.78 Å². The van der Waals surface area contributed by atoms with E-state index < -0.39 is 168 Å². The summed E-state index contributed by atoms with van der Waals surface area (Å²) in [5, 5.41) is 41.8. The molecule has 4 aliphatic carbocycles. The van der Waals surface area contributed by atoms with Gasteiger partial charge in [0.2, 0.25) is 41.4 Å². The van der Waals surface area contributed by atoms with Crippen molar-refractivity contribution in [2.24, 2.45) is 34.3 Å². The first-order chi connectivity index (χ1) is 55.5. The fraction of sp³-hybridized carbons (Fsp3) is 0.561. The maximum atomic E-state index is 17.9. The van der Waals surface area contributed by atoms with Crippen LogP contribution in [0.4, 0.5) is 29.7 Å². The third-order valence-corrected chi connectivity index (χ3v) is 22.0. The Bertz CT molecular complexity index is 4160. The Balaban J connectivity index is 0.640. The van der Waals surface area contributed by atoms with E-state index in [9.17, 15) is 67.7 Å². The molecule has 3 aromatic carbocycles. The molecule has 6 aliphatic rings. The second kappa shape index (κ2) is 42.1. The van der Waals surface area contributed by atoms with E-state index in [-0.39, 0.29) is 153 Å². The van der Waals surface area contributed by atoms with Gasteiger partial charge in [0.15, 0.2) is 29.1 Å². The predicted molar refractivity (Wildman–Crippen MR) is 413 cm³/mol. The van der Waals surface area contributed by atoms with Gasteiger partial charge >= 0.3 is 18.1 Å². The Morgan fingerprint density at radius 3 is 2.08 bits per heavy atom. The number of benzene rings is 3. The van der Waals surface area contributed by atoms with Crippen LogP contribution < -0.4 is 53.2 Å². The first kappa shape index (κ1) is 89.8. The number of ketones is 2. The van der Waals surface area contributed by atoms with Gasteiger partial charge in [0, 0.05) is 72.3 Å². The number of hydrogen-bond acceptors (Lipinski definition) is 21. The van der Waals surface area contributed by atoms with Gasteiger partial charge in [0.25, 0.3) is 0 Å². The number of anilines is 2. The summed E-state index contributed by atoms with van der Waals surface area (Å²) in [7, 11) is 0. The van der Waals surface area contributed by atoms with Gasteiger partial charge in [-0.3, -0.25) is 47.9 Å². The van der Waals surface area contributed by atoms with Crippen molar-refractivity contribution in [2.75, 3.05) is 96.0 Å². The van der Waals surface area contributed by atoms with E-state index in [4.69, 9.17) is 43.6 Å². The molecule has 2 aliphatic heterocycles. The Morgan fingerprint density at radius 1 is 0.707 bits per heavy atom. The molecule has 13 atom stereocenters. The molecule has 1 unspecified atom stereocenters. The molecule has 12 N–H and O–H groups in total. The van der Waals surface area contributed by atoms with Gasteiger partial charge in [0.1, 0.15) is 50.8 Å². The number of carboxylic acids is 1. The molecule has 4 fully saturated rings. The lowest BCUT2D eigenvalue weighted by molar-refractivity contribution is -0.235. The molecular formula is C82H106F2N10O22. The second-order valence-electron chi connectivity index (χ2n) is 30.2. The van der Waals surface area contributed by atoms with Crippen LogP contribution in [0.2, 0.25) is 0 Å². The zero-order valence-electron chi connectivity index (χ0n) is 65.9. The molecule has 9 rings (SSSR count). The molecule has 3 saturated carbocycles. The lowest BCUT2D eigenvalue weighted by Crippen LogP contribution is -2.71. The van der Waals surface area contributed by atoms with Crippen LogP contribution in [0, 0.1) is 40.4 Å². The fourth-order valence-electron chi connectivity index (χ4n) is 16.1. The van der Waals surface area contributed by atoms with Crippen molar-refractivity contribution < 1.29 is 114 Å². The summed E-state index contributed by atoms with van der Waals surface area (Å²) in [6.07, 6.45) is -2.80. The lowest BCUT2D eigenvalue weighted by atomic mass is 9.44. The molecule has 0 spiro atoms. The molecule has 10 amide bonds. The van der Waals surface area contributed by atoms with Crippen LogP contribution >= 0.6 is 0 Å². The van der Waals surface area contributed by atoms with Crippen LogP contribution in [0.1, 0.15) is 134 Å². The van der Waals surface area contributed by atoms with Crippen LogP contribution in [-0.4, -0.2) is 221 Å². The van der Waals surface area contributed by atoms with E-state index in [0.717, 1.165) is 22.8 Å². The summed E-state index contributed by atoms with van der Waals surface area (Å²) >= 11 is 0. The van der Waals surface area contributed by atoms with E-state index in [2.05, 4.69) is 54.4 Å². The number of amides is 10. The van der Waals surface area contributed by atoms with Crippen molar-refractivity contribution in [2.45, 2.75) is 179 Å². The average Bonchev–Trinajstić information content (AvgIpc) is 1.44. The summed E-state index contributed by atoms with van der Waals surface area (Å²) < 4.78 is 80.0. The first-order valence-corrected chi connectivity index (χ1v) is 39.2. The van der Waals surface area contributed by atoms with Gasteiger partial charge < -0.3 is 101 Å². The van der Waals surface area contributed by atoms with Crippen molar-refractivity contribution >= 4 is 82.4 Å². The highest BCUT2D eigenvalue weighted by atomic mass is 19.1. The van der Waals surface area contributed by atoms with E-state index in [1.165, 1.54) is 43.3 Å². The van der Waals surface area contributed by atoms with E-state index in [1.807, 2.05) is 55.5 Å². The number of aliphatic hydroxyl groups excluding tert-OH is 1. The number of primary amides is 1. The third kappa shape index (κ3) is 22.7. The number of rotatable bonds is 44. The molecule has 0 aromatic heterocycles. The molecule has 0 radical (unpaired) electrons. The highest BCUT2D eigenvalue weighted by Crippen LogP contribution is 2.72. The third-order valence-electron chi connectivity index (χ3n) is 22.0. The predicted octanol–water partition coefficient (Wildman–Crippen LogP) is 4.44. The number of aliphatic hydroxyl groups is 1. The number of fused-ring (bicyclic) bond motifs is 9. The van der Waals surface area contributed by atoms with Crippen LogP contribution in [-0.2, 0) is 99.0 Å². The number of para-hydroxylation sites is 1. The van der Waals surface area contributed by atoms with Crippen molar-refractivity contribution in [3.8, 4) is 11.8 Å². The zero-order chi connectivity index (χ0) is 83.7. The normalized spacial score (nSPS) is 24.0. The van der Waals surface area contributed by atoms with Crippen molar-refractivity contribution in [1.29, 1.82) is 0 Å². The highest BCUT2D eigenvalue weighted by Gasteiger charge is 2.80. The molecule has 0 bridgehead atoms. The van der Waals surface area contributed by atoms with Gasteiger partial charge in [-0.25, -0.2) is 18.4 Å². The number of hydrogen-bond donors (Lipinski definition) is 11. The van der Waals surface area contributed by atoms with Crippen LogP contribution in [0.25, 0.3) is 0 Å². The van der Waals surface area contributed by atoms with E-state index in [1.54, 1.807) is 25.7 Å². The summed E-state index contributed by atoms with van der Waals surface area (Å²) in [5.41, 5.74) is 2.07. The van der Waals surface area contributed by atoms with Gasteiger partial charge in [0.05, 0.1) is 77.3 Å². The SMILES string of the molecule is CCCC1O[C@@H]2C[C@H]3[C@@H]4C[C@H](F)C5=CC(=O)C=C[C@]5(C)[C@@]4(F)[C@@H](O)C[C@]3(C)[C@]2(C(=O)COCNC(=O)CNC(=O)OCc2ccc(NC(=O)[C@H](CCCNC(N)=O)NC(=O)[C@@H](NC(=O)[C@@H](CCC(=O)O)NC(=O)CCOCCOCCOCCOCCNC(=O)CCC(=O)N3Cc4ccccc4C#Cc4ccccc43)C(C)C)cc2)O1. The molecular weight excluding hydrogens is 1510 g/mol. The first-order valence-electron chi connectivity index (χ1n) is 39.2. The Labute approximate surface area is 671 Å². The quantitative estimate of drug-likeness (QED) is 0.0212. The number of nitrogens with two attached hydrogens (primary N) is 1. The second-order valence-corrected chi connectivity index (χ2v) is 30.2. The summed E-state index contributed by atoms with van der Waals surface area (Å²) in [6, 6.07) is 16.3. The average molecular weight is 1620 g/mol. The van der Waals surface area contributed by atoms with Crippen molar-refractivity contribution in [3.63, 3.8) is 0 Å². The molecule has 630 valence electrons. The minimum Gasteiger partial charge on any atom is -0.481 e. The standard InChI is InChI=1S/C82H106F2N10O22/c1-6-12-72-115-66-43-57-58-42-60(83)59-41-56(95)28-30-79(59,4)81(58,84)64(96)44-80(57,5)82(66,116-72)65(97)48-113-49-89-69(100)45-88-78(108)114-47-51-18-22-55(23-19-51)90-74(104)61(16-11-31-87-77(85)107)92-76(106)73(50(2)3)93-75(105)62(24-27-71(102)103)91-68(99)29-33-109-35-37-111-39-40-112-38-36-110-34-32-86-67(98)25-26-70(101)94-46-54-15-8-7-13-52(54)20-21-53-14-9-10-17-63(53)94/h7-10,13-15,17-19,22-23,28,30,41,50,57-58,60-62,64,66,72-73,96H,6,11-12,16,24-27,29,31-40,42-49H2,1-5H3,(H,86,98)(H,88,108)(H,89,100)(H,90,104)(H,91,99)(H,92,106)(H,93,105)(H,102,103)(H3,85,87,107)/t57-,58-,60-,61-,62+,64-,66+,72?,73-,79-,80-,81-,82+/m0/s1. The van der Waals surface area contributed by atoms with Crippen LogP contribution in [0.15, 0.2) is 96.6 Å². The number of nitrogens with one attached hydrogen (secondary N) is 8. The largest absolute Gasteiger partial charge is 0.481 e.